The van der Waals surface area contributed by atoms with Crippen LogP contribution in [0.25, 0.3) is 0 Å². The van der Waals surface area contributed by atoms with E-state index in [2.05, 4.69) is 15.5 Å². The number of hydrogen-bond acceptors (Lipinski definition) is 3. The van der Waals surface area contributed by atoms with Crippen LogP contribution >= 0.6 is 0 Å². The second-order valence-corrected chi connectivity index (χ2v) is 6.28. The summed E-state index contributed by atoms with van der Waals surface area (Å²) >= 11 is 0. The summed E-state index contributed by atoms with van der Waals surface area (Å²) in [5, 5.41) is 14.7. The number of nitrogens with zero attached hydrogens (tertiary/aromatic N) is 1. The maximum absolute atomic E-state index is 12.0. The molecule has 2 heterocycles. The van der Waals surface area contributed by atoms with Crippen LogP contribution in [0.5, 0.6) is 0 Å². The zero-order valence-corrected chi connectivity index (χ0v) is 12.3. The van der Waals surface area contributed by atoms with E-state index in [-0.39, 0.29) is 18.0 Å². The largest absolute Gasteiger partial charge is 0.480 e. The average molecular weight is 283 g/mol. The fraction of sp³-hybridized carbons (Fsp3) is 0.857. The zero-order chi connectivity index (χ0) is 14.7. The molecule has 2 rings (SSSR count). The number of aliphatic carboxylic acids is 1. The highest BCUT2D eigenvalue weighted by Crippen LogP contribution is 2.27. The van der Waals surface area contributed by atoms with Gasteiger partial charge < -0.3 is 15.7 Å². The molecule has 0 bridgehead atoms. The molecular formula is C14H25N3O3. The predicted molar refractivity (Wildman–Crippen MR) is 75.5 cm³/mol. The third-order valence-corrected chi connectivity index (χ3v) is 4.23. The van der Waals surface area contributed by atoms with Crippen LogP contribution in [0.4, 0.5) is 4.79 Å². The first kappa shape index (κ1) is 15.1. The number of rotatable bonds is 5. The van der Waals surface area contributed by atoms with Gasteiger partial charge in [-0.15, -0.1) is 0 Å². The Morgan fingerprint density at radius 2 is 2.05 bits per heavy atom. The fourth-order valence-corrected chi connectivity index (χ4v) is 3.31. The van der Waals surface area contributed by atoms with Gasteiger partial charge in [0.15, 0.2) is 0 Å². The summed E-state index contributed by atoms with van der Waals surface area (Å²) in [5.41, 5.74) is 0. The average Bonchev–Trinajstić information content (AvgIpc) is 2.92. The lowest BCUT2D eigenvalue weighted by Gasteiger charge is -2.23. The Morgan fingerprint density at radius 3 is 2.70 bits per heavy atom. The number of fused-ring (bicyclic) bond motifs is 1. The van der Waals surface area contributed by atoms with Crippen molar-refractivity contribution >= 4 is 12.0 Å². The standard InChI is InChI=1S/C14H25N3O3/c1-9(2)8-11(13(18)19)16-14(20)15-10-5-7-17-6-3-4-12(10)17/h9-12H,3-8H2,1-2H3,(H,18,19)(H2,15,16,20). The molecule has 3 unspecified atom stereocenters. The van der Waals surface area contributed by atoms with Crippen molar-refractivity contribution in [2.45, 2.75) is 57.7 Å². The molecule has 3 N–H and O–H groups in total. The molecule has 2 saturated heterocycles. The highest BCUT2D eigenvalue weighted by atomic mass is 16.4. The number of hydrogen-bond donors (Lipinski definition) is 3. The van der Waals surface area contributed by atoms with Gasteiger partial charge in [-0.1, -0.05) is 13.8 Å². The second kappa shape index (κ2) is 6.43. The molecule has 0 aromatic carbocycles. The van der Waals surface area contributed by atoms with Crippen LogP contribution in [0, 0.1) is 5.92 Å². The topological polar surface area (TPSA) is 81.7 Å². The number of amides is 2. The minimum atomic E-state index is -0.970. The summed E-state index contributed by atoms with van der Waals surface area (Å²) in [6.45, 7) is 6.05. The molecule has 2 amide bonds. The number of carbonyl (C=O) groups is 2. The van der Waals surface area contributed by atoms with E-state index in [4.69, 9.17) is 5.11 Å². The summed E-state index contributed by atoms with van der Waals surface area (Å²) in [7, 11) is 0. The van der Waals surface area contributed by atoms with E-state index in [0.29, 0.717) is 12.5 Å². The quantitative estimate of drug-likeness (QED) is 0.703. The zero-order valence-electron chi connectivity index (χ0n) is 12.3. The molecule has 2 aliphatic heterocycles. The maximum Gasteiger partial charge on any atom is 0.326 e. The molecular weight excluding hydrogens is 258 g/mol. The summed E-state index contributed by atoms with van der Waals surface area (Å²) in [6, 6.07) is -0.562. The van der Waals surface area contributed by atoms with E-state index in [0.717, 1.165) is 25.9 Å². The first-order valence-electron chi connectivity index (χ1n) is 7.51. The molecule has 114 valence electrons. The number of carbonyl (C=O) groups excluding carboxylic acids is 1. The van der Waals surface area contributed by atoms with Crippen LogP contribution in [0.2, 0.25) is 0 Å². The molecule has 20 heavy (non-hydrogen) atoms. The van der Waals surface area contributed by atoms with E-state index in [1.54, 1.807) is 0 Å². The highest BCUT2D eigenvalue weighted by molar-refractivity contribution is 5.82. The molecule has 3 atom stereocenters. The fourth-order valence-electron chi connectivity index (χ4n) is 3.31. The molecule has 6 heteroatoms. The molecule has 2 fully saturated rings. The van der Waals surface area contributed by atoms with Gasteiger partial charge in [0, 0.05) is 18.6 Å². The molecule has 0 aromatic rings. The van der Waals surface area contributed by atoms with Crippen LogP contribution in [0.3, 0.4) is 0 Å². The van der Waals surface area contributed by atoms with Gasteiger partial charge >= 0.3 is 12.0 Å². The number of nitrogens with one attached hydrogen (secondary N) is 2. The molecule has 0 aliphatic carbocycles. The van der Waals surface area contributed by atoms with Gasteiger partial charge in [-0.25, -0.2) is 9.59 Å². The van der Waals surface area contributed by atoms with E-state index >= 15 is 0 Å². The lowest BCUT2D eigenvalue weighted by atomic mass is 10.0. The third-order valence-electron chi connectivity index (χ3n) is 4.23. The van der Waals surface area contributed by atoms with Crippen LogP contribution in [0.1, 0.15) is 39.5 Å². The second-order valence-electron chi connectivity index (χ2n) is 6.28. The lowest BCUT2D eigenvalue weighted by Crippen LogP contribution is -2.51. The van der Waals surface area contributed by atoms with E-state index < -0.39 is 12.0 Å². The monoisotopic (exact) mass is 283 g/mol. The highest BCUT2D eigenvalue weighted by Gasteiger charge is 2.38. The predicted octanol–water partition coefficient (Wildman–Crippen LogP) is 1.02. The molecule has 2 aliphatic rings. The van der Waals surface area contributed by atoms with Crippen LogP contribution in [-0.4, -0.2) is 53.2 Å². The minimum Gasteiger partial charge on any atom is -0.480 e. The molecule has 0 aromatic heterocycles. The Hall–Kier alpha value is -1.30. The SMILES string of the molecule is CC(C)CC(NC(=O)NC1CCN2CCCC12)C(=O)O. The van der Waals surface area contributed by atoms with Crippen LogP contribution in [0.15, 0.2) is 0 Å². The summed E-state index contributed by atoms with van der Waals surface area (Å²) in [4.78, 5) is 25.5. The van der Waals surface area contributed by atoms with E-state index in [9.17, 15) is 9.59 Å². The van der Waals surface area contributed by atoms with Crippen LogP contribution < -0.4 is 10.6 Å². The molecule has 0 radical (unpaired) electrons. The van der Waals surface area contributed by atoms with Gasteiger partial charge in [0.1, 0.15) is 6.04 Å². The normalized spacial score (nSPS) is 27.4. The van der Waals surface area contributed by atoms with Crippen molar-refractivity contribution < 1.29 is 14.7 Å². The number of urea groups is 1. The Morgan fingerprint density at radius 1 is 1.30 bits per heavy atom. The van der Waals surface area contributed by atoms with E-state index in [1.807, 2.05) is 13.8 Å². The summed E-state index contributed by atoms with van der Waals surface area (Å²) in [5.74, 6) is -0.740. The Balaban J connectivity index is 1.83. The van der Waals surface area contributed by atoms with Crippen molar-refractivity contribution in [2.75, 3.05) is 13.1 Å². The van der Waals surface area contributed by atoms with Crippen molar-refractivity contribution in [3.05, 3.63) is 0 Å². The molecule has 0 spiro atoms. The Kier molecular flexibility index (Phi) is 4.86. The Bertz CT molecular complexity index is 373. The van der Waals surface area contributed by atoms with E-state index in [1.165, 1.54) is 6.42 Å². The van der Waals surface area contributed by atoms with Gasteiger partial charge in [-0.2, -0.15) is 0 Å². The van der Waals surface area contributed by atoms with Crippen LogP contribution in [-0.2, 0) is 4.79 Å². The van der Waals surface area contributed by atoms with Gasteiger partial charge in [0.25, 0.3) is 0 Å². The number of carboxylic acid groups (broad SMARTS) is 1. The summed E-state index contributed by atoms with van der Waals surface area (Å²) < 4.78 is 0. The van der Waals surface area contributed by atoms with Crippen molar-refractivity contribution in [2.24, 2.45) is 5.92 Å². The summed E-state index contributed by atoms with van der Waals surface area (Å²) in [6.07, 6.45) is 3.72. The Labute approximate surface area is 119 Å². The van der Waals surface area contributed by atoms with Gasteiger partial charge in [0.2, 0.25) is 0 Å². The van der Waals surface area contributed by atoms with Crippen molar-refractivity contribution in [1.82, 2.24) is 15.5 Å². The third kappa shape index (κ3) is 3.62. The smallest absolute Gasteiger partial charge is 0.326 e. The first-order chi connectivity index (χ1) is 9.47. The first-order valence-corrected chi connectivity index (χ1v) is 7.51. The van der Waals surface area contributed by atoms with Crippen molar-refractivity contribution in [3.8, 4) is 0 Å². The van der Waals surface area contributed by atoms with Gasteiger partial charge in [0.05, 0.1) is 0 Å². The minimum absolute atomic E-state index is 0.158. The van der Waals surface area contributed by atoms with Gasteiger partial charge in [-0.3, -0.25) is 4.90 Å². The van der Waals surface area contributed by atoms with Crippen molar-refractivity contribution in [1.29, 1.82) is 0 Å². The number of carboxylic acids is 1. The maximum atomic E-state index is 12.0. The lowest BCUT2D eigenvalue weighted by molar-refractivity contribution is -0.139. The van der Waals surface area contributed by atoms with Crippen molar-refractivity contribution in [3.63, 3.8) is 0 Å². The van der Waals surface area contributed by atoms with Gasteiger partial charge in [-0.05, 0) is 38.1 Å². The molecule has 0 saturated carbocycles. The molecule has 6 nitrogen and oxygen atoms in total.